The number of nitrogens with one attached hydrogen (secondary N) is 1. The molecule has 27 heavy (non-hydrogen) atoms. The lowest BCUT2D eigenvalue weighted by molar-refractivity contribution is 0.0963. The highest BCUT2D eigenvalue weighted by atomic mass is 16.5. The number of hydrogen-bond acceptors (Lipinski definition) is 5. The van der Waals surface area contributed by atoms with Crippen molar-refractivity contribution >= 4 is 11.7 Å². The molecule has 0 unspecified atom stereocenters. The first kappa shape index (κ1) is 19.2. The van der Waals surface area contributed by atoms with Gasteiger partial charge in [0.05, 0.1) is 12.7 Å². The van der Waals surface area contributed by atoms with E-state index < -0.39 is 0 Å². The van der Waals surface area contributed by atoms with Crippen molar-refractivity contribution in [3.05, 3.63) is 52.7 Å². The van der Waals surface area contributed by atoms with Gasteiger partial charge in [-0.1, -0.05) is 12.1 Å². The molecule has 1 aliphatic heterocycles. The van der Waals surface area contributed by atoms with E-state index in [1.807, 2.05) is 37.2 Å². The second-order valence-corrected chi connectivity index (χ2v) is 7.06. The molecular formula is C21H28N4O2. The average Bonchev–Trinajstić information content (AvgIpc) is 2.89. The van der Waals surface area contributed by atoms with Crippen LogP contribution >= 0.6 is 0 Å². The molecule has 1 aliphatic rings. The van der Waals surface area contributed by atoms with Crippen molar-refractivity contribution in [1.82, 2.24) is 15.2 Å². The summed E-state index contributed by atoms with van der Waals surface area (Å²) in [5, 5.41) is 2.72. The smallest absolute Gasteiger partial charge is 0.254 e. The number of nitrogens with zero attached hydrogens (tertiary/aromatic N) is 3. The van der Waals surface area contributed by atoms with Crippen LogP contribution in [0.5, 0.6) is 5.75 Å². The fourth-order valence-electron chi connectivity index (χ4n) is 3.46. The molecule has 1 amide bonds. The molecule has 0 radical (unpaired) electrons. The van der Waals surface area contributed by atoms with E-state index in [1.165, 1.54) is 11.1 Å². The largest absolute Gasteiger partial charge is 0.497 e. The second kappa shape index (κ2) is 8.39. The number of fused-ring (bicyclic) bond motifs is 1. The molecule has 0 bridgehead atoms. The summed E-state index contributed by atoms with van der Waals surface area (Å²) in [5.74, 6) is 1.52. The number of rotatable bonds is 5. The molecule has 6 heteroatoms. The van der Waals surface area contributed by atoms with E-state index >= 15 is 0 Å². The van der Waals surface area contributed by atoms with Gasteiger partial charge in [0.25, 0.3) is 5.91 Å². The van der Waals surface area contributed by atoms with Gasteiger partial charge in [0, 0.05) is 52.9 Å². The van der Waals surface area contributed by atoms with Gasteiger partial charge in [-0.3, -0.25) is 9.69 Å². The van der Waals surface area contributed by atoms with Gasteiger partial charge in [0.2, 0.25) is 0 Å². The van der Waals surface area contributed by atoms with Crippen molar-refractivity contribution < 1.29 is 9.53 Å². The van der Waals surface area contributed by atoms with Gasteiger partial charge in [0.1, 0.15) is 11.6 Å². The molecule has 1 aromatic heterocycles. The summed E-state index contributed by atoms with van der Waals surface area (Å²) in [6, 6.07) is 10.3. The fourth-order valence-corrected chi connectivity index (χ4v) is 3.46. The molecule has 0 saturated heterocycles. The molecule has 144 valence electrons. The van der Waals surface area contributed by atoms with Crippen LogP contribution in [0.15, 0.2) is 30.3 Å². The summed E-state index contributed by atoms with van der Waals surface area (Å²) < 4.78 is 5.23. The third-order valence-corrected chi connectivity index (χ3v) is 4.99. The molecule has 0 aliphatic carbocycles. The number of methoxy groups -OCH3 is 1. The number of carbonyl (C=O) groups is 1. The zero-order chi connectivity index (χ0) is 19.4. The average molecular weight is 368 g/mol. The Morgan fingerprint density at radius 3 is 2.56 bits per heavy atom. The molecule has 0 saturated carbocycles. The minimum Gasteiger partial charge on any atom is -0.497 e. The number of benzene rings is 1. The van der Waals surface area contributed by atoms with E-state index in [9.17, 15) is 4.79 Å². The SMILES string of the molecule is CNC(=O)c1cc2c(nc1N(C)C)CCN(Cc1ccc(OC)cc1)CC2. The van der Waals surface area contributed by atoms with Crippen LogP contribution < -0.4 is 15.0 Å². The second-order valence-electron chi connectivity index (χ2n) is 7.06. The van der Waals surface area contributed by atoms with Gasteiger partial charge >= 0.3 is 0 Å². The lowest BCUT2D eigenvalue weighted by Crippen LogP contribution is -2.25. The quantitative estimate of drug-likeness (QED) is 0.876. The molecule has 0 atom stereocenters. The first-order chi connectivity index (χ1) is 13.0. The monoisotopic (exact) mass is 368 g/mol. The van der Waals surface area contributed by atoms with Gasteiger partial charge in [0.15, 0.2) is 0 Å². The summed E-state index contributed by atoms with van der Waals surface area (Å²) in [4.78, 5) is 21.4. The third-order valence-electron chi connectivity index (χ3n) is 4.99. The molecular weight excluding hydrogens is 340 g/mol. The summed E-state index contributed by atoms with van der Waals surface area (Å²) in [6.07, 6.45) is 1.79. The number of aromatic nitrogens is 1. The highest BCUT2D eigenvalue weighted by molar-refractivity contribution is 5.99. The lowest BCUT2D eigenvalue weighted by atomic mass is 10.0. The van der Waals surface area contributed by atoms with E-state index in [0.29, 0.717) is 5.56 Å². The van der Waals surface area contributed by atoms with Crippen molar-refractivity contribution in [2.75, 3.05) is 46.2 Å². The van der Waals surface area contributed by atoms with Crippen LogP contribution in [0.1, 0.15) is 27.2 Å². The van der Waals surface area contributed by atoms with E-state index in [2.05, 4.69) is 22.3 Å². The summed E-state index contributed by atoms with van der Waals surface area (Å²) in [6.45, 7) is 2.81. The maximum atomic E-state index is 12.3. The molecule has 6 nitrogen and oxygen atoms in total. The van der Waals surface area contributed by atoms with Crippen LogP contribution in [0, 0.1) is 0 Å². The van der Waals surface area contributed by atoms with Gasteiger partial charge in [-0.05, 0) is 35.7 Å². The predicted molar refractivity (Wildman–Crippen MR) is 108 cm³/mol. The Balaban J connectivity index is 1.77. The Morgan fingerprint density at radius 1 is 1.22 bits per heavy atom. The Hall–Kier alpha value is -2.60. The number of hydrogen-bond donors (Lipinski definition) is 1. The van der Waals surface area contributed by atoms with Crippen molar-refractivity contribution in [2.45, 2.75) is 19.4 Å². The van der Waals surface area contributed by atoms with Crippen LogP contribution in [0.4, 0.5) is 5.82 Å². The maximum Gasteiger partial charge on any atom is 0.254 e. The molecule has 0 fully saturated rings. The van der Waals surface area contributed by atoms with Gasteiger partial charge in [-0.25, -0.2) is 4.98 Å². The van der Waals surface area contributed by atoms with Crippen LogP contribution in [0.25, 0.3) is 0 Å². The van der Waals surface area contributed by atoms with Gasteiger partial charge in [-0.15, -0.1) is 0 Å². The topological polar surface area (TPSA) is 57.7 Å². The Kier molecular flexibility index (Phi) is 5.96. The number of amides is 1. The fraction of sp³-hybridized carbons (Fsp3) is 0.429. The summed E-state index contributed by atoms with van der Waals surface area (Å²) >= 11 is 0. The van der Waals surface area contributed by atoms with Crippen molar-refractivity contribution in [1.29, 1.82) is 0 Å². The van der Waals surface area contributed by atoms with Crippen LogP contribution in [0.3, 0.4) is 0 Å². The first-order valence-electron chi connectivity index (χ1n) is 9.29. The molecule has 3 rings (SSSR count). The third kappa shape index (κ3) is 4.39. The summed E-state index contributed by atoms with van der Waals surface area (Å²) in [5.41, 5.74) is 4.19. The van der Waals surface area contributed by atoms with Crippen LogP contribution in [-0.4, -0.2) is 57.1 Å². The zero-order valence-corrected chi connectivity index (χ0v) is 16.6. The first-order valence-corrected chi connectivity index (χ1v) is 9.29. The van der Waals surface area contributed by atoms with Gasteiger partial charge < -0.3 is 15.0 Å². The van der Waals surface area contributed by atoms with Crippen molar-refractivity contribution in [3.63, 3.8) is 0 Å². The normalized spacial score (nSPS) is 14.2. The van der Waals surface area contributed by atoms with E-state index in [-0.39, 0.29) is 5.91 Å². The van der Waals surface area contributed by atoms with Crippen molar-refractivity contribution in [2.24, 2.45) is 0 Å². The zero-order valence-electron chi connectivity index (χ0n) is 16.6. The maximum absolute atomic E-state index is 12.3. The van der Waals surface area contributed by atoms with E-state index in [4.69, 9.17) is 9.72 Å². The Morgan fingerprint density at radius 2 is 1.93 bits per heavy atom. The molecule has 1 N–H and O–H groups in total. The molecule has 2 aromatic rings. The molecule has 2 heterocycles. The Labute approximate surface area is 161 Å². The molecule has 0 spiro atoms. The minimum atomic E-state index is -0.0895. The molecule has 1 aromatic carbocycles. The van der Waals surface area contributed by atoms with Crippen molar-refractivity contribution in [3.8, 4) is 5.75 Å². The number of pyridine rings is 1. The van der Waals surface area contributed by atoms with Crippen LogP contribution in [-0.2, 0) is 19.4 Å². The predicted octanol–water partition coefficient (Wildman–Crippen LogP) is 2.12. The Bertz CT molecular complexity index is 803. The van der Waals surface area contributed by atoms with Gasteiger partial charge in [-0.2, -0.15) is 0 Å². The van der Waals surface area contributed by atoms with Crippen LogP contribution in [0.2, 0.25) is 0 Å². The lowest BCUT2D eigenvalue weighted by Gasteiger charge is -2.19. The number of anilines is 1. The minimum absolute atomic E-state index is 0.0895. The number of carbonyl (C=O) groups excluding carboxylic acids is 1. The highest BCUT2D eigenvalue weighted by Crippen LogP contribution is 2.24. The highest BCUT2D eigenvalue weighted by Gasteiger charge is 2.21. The standard InChI is InChI=1S/C21H28N4O2/c1-22-21(26)18-13-16-9-11-25(12-10-19(16)23-20(18)24(2)3)14-15-5-7-17(27-4)8-6-15/h5-8,13H,9-12,14H2,1-4H3,(H,22,26). The summed E-state index contributed by atoms with van der Waals surface area (Å²) in [7, 11) is 7.19. The number of ether oxygens (including phenoxy) is 1. The van der Waals surface area contributed by atoms with E-state index in [0.717, 1.165) is 49.7 Å². The van der Waals surface area contributed by atoms with E-state index in [1.54, 1.807) is 14.2 Å².